The molecule has 1 aromatic carbocycles. The summed E-state index contributed by atoms with van der Waals surface area (Å²) in [6, 6.07) is 6.68. The number of hydrogen-bond donors (Lipinski definition) is 2. The van der Waals surface area contributed by atoms with Crippen LogP contribution >= 0.6 is 15.9 Å². The molecule has 120 valence electrons. The third-order valence-electron chi connectivity index (χ3n) is 3.45. The number of hydrogen-bond acceptors (Lipinski definition) is 4. The van der Waals surface area contributed by atoms with Gasteiger partial charge in [0.05, 0.1) is 13.2 Å². The van der Waals surface area contributed by atoms with Crippen molar-refractivity contribution in [1.29, 1.82) is 0 Å². The van der Waals surface area contributed by atoms with Crippen LogP contribution in [0.5, 0.6) is 0 Å². The topological polar surface area (TPSA) is 44.7 Å². The van der Waals surface area contributed by atoms with Crippen LogP contribution in [0.1, 0.15) is 31.9 Å². The van der Waals surface area contributed by atoms with E-state index in [2.05, 4.69) is 58.2 Å². The van der Waals surface area contributed by atoms with Crippen molar-refractivity contribution in [1.82, 2.24) is 5.32 Å². The third kappa shape index (κ3) is 5.94. The van der Waals surface area contributed by atoms with E-state index in [0.29, 0.717) is 19.2 Å². The molecule has 1 rings (SSSR count). The quantitative estimate of drug-likeness (QED) is 0.674. The van der Waals surface area contributed by atoms with Gasteiger partial charge in [-0.15, -0.1) is 0 Å². The lowest BCUT2D eigenvalue weighted by atomic mass is 10.1. The van der Waals surface area contributed by atoms with Crippen molar-refractivity contribution in [3.05, 3.63) is 28.2 Å². The highest BCUT2D eigenvalue weighted by atomic mass is 79.9. The maximum Gasteiger partial charge on any atom is 0.0637 e. The summed E-state index contributed by atoms with van der Waals surface area (Å²) >= 11 is 3.67. The van der Waals surface area contributed by atoms with Gasteiger partial charge in [-0.3, -0.25) is 0 Å². The molecule has 21 heavy (non-hydrogen) atoms. The third-order valence-corrected chi connectivity index (χ3v) is 4.14. The van der Waals surface area contributed by atoms with Crippen molar-refractivity contribution >= 4 is 21.6 Å². The molecule has 0 radical (unpaired) electrons. The summed E-state index contributed by atoms with van der Waals surface area (Å²) in [5.41, 5.74) is 2.35. The Bertz CT molecular complexity index is 415. The van der Waals surface area contributed by atoms with Gasteiger partial charge in [-0.05, 0) is 37.6 Å². The number of aliphatic hydroxyl groups is 1. The van der Waals surface area contributed by atoms with Crippen LogP contribution in [0.15, 0.2) is 22.7 Å². The van der Waals surface area contributed by atoms with E-state index in [4.69, 9.17) is 4.74 Å². The van der Waals surface area contributed by atoms with Crippen molar-refractivity contribution in [3.63, 3.8) is 0 Å². The molecule has 0 spiro atoms. The Balaban J connectivity index is 2.83. The average Bonchev–Trinajstić information content (AvgIpc) is 2.48. The molecule has 0 saturated carbocycles. The van der Waals surface area contributed by atoms with E-state index in [1.165, 1.54) is 5.56 Å². The summed E-state index contributed by atoms with van der Waals surface area (Å²) in [6.45, 7) is 7.52. The fourth-order valence-electron chi connectivity index (χ4n) is 2.23. The predicted molar refractivity (Wildman–Crippen MR) is 92.0 cm³/mol. The van der Waals surface area contributed by atoms with Gasteiger partial charge in [-0.25, -0.2) is 0 Å². The van der Waals surface area contributed by atoms with Crippen LogP contribution in [0.25, 0.3) is 0 Å². The van der Waals surface area contributed by atoms with Gasteiger partial charge < -0.3 is 20.1 Å². The molecule has 1 atom stereocenters. The molecule has 0 aliphatic heterocycles. The zero-order valence-electron chi connectivity index (χ0n) is 13.2. The molecule has 0 aliphatic carbocycles. The second kappa shape index (κ2) is 10.2. The Morgan fingerprint density at radius 2 is 2.14 bits per heavy atom. The summed E-state index contributed by atoms with van der Waals surface area (Å²) < 4.78 is 6.23. The van der Waals surface area contributed by atoms with Gasteiger partial charge in [0.15, 0.2) is 0 Å². The van der Waals surface area contributed by atoms with Gasteiger partial charge in [0, 0.05) is 36.4 Å². The van der Waals surface area contributed by atoms with Crippen molar-refractivity contribution in [2.45, 2.75) is 26.3 Å². The number of halogens is 1. The maximum atomic E-state index is 9.20. The van der Waals surface area contributed by atoms with Crippen molar-refractivity contribution in [3.8, 4) is 0 Å². The molecule has 0 heterocycles. The highest BCUT2D eigenvalue weighted by Gasteiger charge is 2.12. The van der Waals surface area contributed by atoms with Crippen LogP contribution in [0, 0.1) is 0 Å². The molecule has 0 aromatic heterocycles. The first-order chi connectivity index (χ1) is 10.1. The molecule has 1 aromatic rings. The lowest BCUT2D eigenvalue weighted by molar-refractivity contribution is 0.203. The molecular formula is C16H27BrN2O2. The number of methoxy groups -OCH3 is 1. The lowest BCUT2D eigenvalue weighted by Crippen LogP contribution is -2.30. The molecule has 0 saturated heterocycles. The Morgan fingerprint density at radius 3 is 2.71 bits per heavy atom. The van der Waals surface area contributed by atoms with E-state index < -0.39 is 0 Å². The van der Waals surface area contributed by atoms with Crippen LogP contribution in [-0.4, -0.2) is 45.1 Å². The highest BCUT2D eigenvalue weighted by Crippen LogP contribution is 2.28. The molecule has 1 unspecified atom stereocenters. The van der Waals surface area contributed by atoms with Crippen molar-refractivity contribution < 1.29 is 9.84 Å². The Labute approximate surface area is 136 Å². The number of anilines is 1. The molecule has 0 aliphatic rings. The standard InChI is InChI=1S/C16H27BrN2O2/c1-4-7-18-13(2)15-6-5-14(12-16(15)17)19(8-10-20)9-11-21-3/h5-6,12-13,18,20H,4,7-11H2,1-3H3. The van der Waals surface area contributed by atoms with E-state index in [9.17, 15) is 5.11 Å². The summed E-state index contributed by atoms with van der Waals surface area (Å²) in [4.78, 5) is 2.13. The smallest absolute Gasteiger partial charge is 0.0637 e. The second-order valence-corrected chi connectivity index (χ2v) is 5.94. The Kier molecular flexibility index (Phi) is 8.92. The minimum absolute atomic E-state index is 0.136. The van der Waals surface area contributed by atoms with Crippen LogP contribution in [0.3, 0.4) is 0 Å². The second-order valence-electron chi connectivity index (χ2n) is 5.09. The fraction of sp³-hybridized carbons (Fsp3) is 0.625. The van der Waals surface area contributed by atoms with E-state index in [1.807, 2.05) is 0 Å². The Morgan fingerprint density at radius 1 is 1.38 bits per heavy atom. The first-order valence-corrected chi connectivity index (χ1v) is 8.30. The molecule has 5 heteroatoms. The first-order valence-electron chi connectivity index (χ1n) is 7.51. The van der Waals surface area contributed by atoms with Gasteiger partial charge in [0.25, 0.3) is 0 Å². The van der Waals surface area contributed by atoms with Crippen LogP contribution in [-0.2, 0) is 4.74 Å². The molecule has 0 bridgehead atoms. The number of ether oxygens (including phenoxy) is 1. The first kappa shape index (κ1) is 18.4. The van der Waals surface area contributed by atoms with Crippen LogP contribution in [0.4, 0.5) is 5.69 Å². The molecule has 2 N–H and O–H groups in total. The van der Waals surface area contributed by atoms with E-state index >= 15 is 0 Å². The van der Waals surface area contributed by atoms with Gasteiger partial charge in [-0.2, -0.15) is 0 Å². The largest absolute Gasteiger partial charge is 0.395 e. The van der Waals surface area contributed by atoms with Crippen LogP contribution in [0.2, 0.25) is 0 Å². The monoisotopic (exact) mass is 358 g/mol. The summed E-state index contributed by atoms with van der Waals surface area (Å²) in [5, 5.41) is 12.7. The van der Waals surface area contributed by atoms with Gasteiger partial charge in [0.2, 0.25) is 0 Å². The highest BCUT2D eigenvalue weighted by molar-refractivity contribution is 9.10. The summed E-state index contributed by atoms with van der Waals surface area (Å²) in [6.07, 6.45) is 1.13. The summed E-state index contributed by atoms with van der Waals surface area (Å²) in [7, 11) is 1.69. The van der Waals surface area contributed by atoms with E-state index in [-0.39, 0.29) is 6.61 Å². The van der Waals surface area contributed by atoms with Crippen molar-refractivity contribution in [2.75, 3.05) is 44.9 Å². The summed E-state index contributed by atoms with van der Waals surface area (Å²) in [5.74, 6) is 0. The lowest BCUT2D eigenvalue weighted by Gasteiger charge is -2.25. The number of aliphatic hydroxyl groups excluding tert-OH is 1. The fourth-order valence-corrected chi connectivity index (χ4v) is 2.94. The molecular weight excluding hydrogens is 332 g/mol. The number of benzene rings is 1. The molecule has 0 fully saturated rings. The zero-order valence-corrected chi connectivity index (χ0v) is 14.8. The van der Waals surface area contributed by atoms with E-state index in [0.717, 1.165) is 29.7 Å². The minimum Gasteiger partial charge on any atom is -0.395 e. The van der Waals surface area contributed by atoms with E-state index in [1.54, 1.807) is 7.11 Å². The zero-order chi connectivity index (χ0) is 15.7. The minimum atomic E-state index is 0.136. The molecule has 0 amide bonds. The average molecular weight is 359 g/mol. The van der Waals surface area contributed by atoms with Gasteiger partial charge >= 0.3 is 0 Å². The molecule has 4 nitrogen and oxygen atoms in total. The van der Waals surface area contributed by atoms with Gasteiger partial charge in [-0.1, -0.05) is 28.9 Å². The van der Waals surface area contributed by atoms with Gasteiger partial charge in [0.1, 0.15) is 0 Å². The number of rotatable bonds is 10. The SMILES string of the molecule is CCCNC(C)c1ccc(N(CCO)CCOC)cc1Br. The number of nitrogens with one attached hydrogen (secondary N) is 1. The van der Waals surface area contributed by atoms with Crippen molar-refractivity contribution in [2.24, 2.45) is 0 Å². The maximum absolute atomic E-state index is 9.20. The Hall–Kier alpha value is -0.620. The normalized spacial score (nSPS) is 12.4. The predicted octanol–water partition coefficient (Wildman–Crippen LogP) is 2.95. The number of nitrogens with zero attached hydrogens (tertiary/aromatic N) is 1. The van der Waals surface area contributed by atoms with Crippen LogP contribution < -0.4 is 10.2 Å².